The molecule has 0 saturated carbocycles. The fourth-order valence-corrected chi connectivity index (χ4v) is 2.01. The van der Waals surface area contributed by atoms with Crippen LogP contribution in [0.25, 0.3) is 0 Å². The summed E-state index contributed by atoms with van der Waals surface area (Å²) in [4.78, 5) is 8.25. The zero-order valence-electron chi connectivity index (χ0n) is 9.46. The van der Waals surface area contributed by atoms with Gasteiger partial charge in [0.05, 0.1) is 10.7 Å². The summed E-state index contributed by atoms with van der Waals surface area (Å²) in [6.07, 6.45) is 0. The van der Waals surface area contributed by atoms with E-state index in [1.807, 2.05) is 25.1 Å². The highest BCUT2D eigenvalue weighted by molar-refractivity contribution is 6.33. The summed E-state index contributed by atoms with van der Waals surface area (Å²) in [5, 5.41) is 4.21. The number of para-hydroxylation sites is 1. The maximum Gasteiger partial charge on any atom is 0.135 e. The molecule has 0 aliphatic rings. The van der Waals surface area contributed by atoms with Crippen LogP contribution in [0.3, 0.4) is 0 Å². The average molecular weight is 268 g/mol. The van der Waals surface area contributed by atoms with E-state index in [4.69, 9.17) is 23.2 Å². The van der Waals surface area contributed by atoms with E-state index >= 15 is 0 Å². The zero-order chi connectivity index (χ0) is 12.4. The van der Waals surface area contributed by atoms with Gasteiger partial charge in [-0.2, -0.15) is 0 Å². The van der Waals surface area contributed by atoms with Crippen LogP contribution in [-0.4, -0.2) is 9.97 Å². The standard InChI is InChI=1S/C12H11Cl2N3/c1-7-4-3-5-9(13)12(7)17-11-6-10(14)15-8(2)16-11/h3-6H,1-2H3,(H,15,16,17). The van der Waals surface area contributed by atoms with Crippen LogP contribution < -0.4 is 5.32 Å². The van der Waals surface area contributed by atoms with Gasteiger partial charge in [0, 0.05) is 6.07 Å². The molecule has 2 aromatic rings. The number of aromatic nitrogens is 2. The van der Waals surface area contributed by atoms with Crippen molar-refractivity contribution in [2.24, 2.45) is 0 Å². The van der Waals surface area contributed by atoms with E-state index in [1.54, 1.807) is 13.0 Å². The predicted molar refractivity (Wildman–Crippen MR) is 71.3 cm³/mol. The predicted octanol–water partition coefficient (Wildman–Crippen LogP) is 4.14. The van der Waals surface area contributed by atoms with Crippen LogP contribution in [0.2, 0.25) is 10.2 Å². The molecule has 0 amide bonds. The van der Waals surface area contributed by atoms with Crippen molar-refractivity contribution in [2.45, 2.75) is 13.8 Å². The van der Waals surface area contributed by atoms with Gasteiger partial charge in [0.25, 0.3) is 0 Å². The van der Waals surface area contributed by atoms with Crippen molar-refractivity contribution in [1.82, 2.24) is 9.97 Å². The van der Waals surface area contributed by atoms with Crippen LogP contribution in [0, 0.1) is 13.8 Å². The minimum Gasteiger partial charge on any atom is -0.339 e. The minimum absolute atomic E-state index is 0.407. The maximum atomic E-state index is 6.12. The third-order valence-corrected chi connectivity index (χ3v) is 2.79. The summed E-state index contributed by atoms with van der Waals surface area (Å²) in [7, 11) is 0. The molecule has 0 aliphatic carbocycles. The first kappa shape index (κ1) is 12.1. The fourth-order valence-electron chi connectivity index (χ4n) is 1.51. The molecule has 1 aromatic heterocycles. The van der Waals surface area contributed by atoms with Crippen molar-refractivity contribution in [2.75, 3.05) is 5.32 Å². The van der Waals surface area contributed by atoms with Crippen molar-refractivity contribution in [1.29, 1.82) is 0 Å². The van der Waals surface area contributed by atoms with Crippen molar-refractivity contribution in [3.05, 3.63) is 45.8 Å². The SMILES string of the molecule is Cc1nc(Cl)cc(Nc2c(C)cccc2Cl)n1. The Bertz CT molecular complexity index is 515. The fraction of sp³-hybridized carbons (Fsp3) is 0.167. The van der Waals surface area contributed by atoms with Gasteiger partial charge in [-0.1, -0.05) is 35.3 Å². The summed E-state index contributed by atoms with van der Waals surface area (Å²) < 4.78 is 0. The van der Waals surface area contributed by atoms with Crippen molar-refractivity contribution < 1.29 is 0 Å². The van der Waals surface area contributed by atoms with Gasteiger partial charge < -0.3 is 5.32 Å². The Morgan fingerprint density at radius 2 is 1.88 bits per heavy atom. The van der Waals surface area contributed by atoms with Gasteiger partial charge in [-0.25, -0.2) is 9.97 Å². The maximum absolute atomic E-state index is 6.12. The number of hydrogen-bond acceptors (Lipinski definition) is 3. The first-order valence-electron chi connectivity index (χ1n) is 5.09. The normalized spacial score (nSPS) is 10.4. The molecule has 0 radical (unpaired) electrons. The second-order valence-corrected chi connectivity index (χ2v) is 4.47. The van der Waals surface area contributed by atoms with Gasteiger partial charge in [0.1, 0.15) is 16.8 Å². The third kappa shape index (κ3) is 2.87. The number of nitrogens with zero attached hydrogens (tertiary/aromatic N) is 2. The molecule has 0 spiro atoms. The number of hydrogen-bond donors (Lipinski definition) is 1. The summed E-state index contributed by atoms with van der Waals surface area (Å²) >= 11 is 12.0. The molecule has 0 fully saturated rings. The topological polar surface area (TPSA) is 37.8 Å². The van der Waals surface area contributed by atoms with Crippen LogP contribution in [0.5, 0.6) is 0 Å². The molecule has 5 heteroatoms. The molecule has 1 N–H and O–H groups in total. The Labute approximate surface area is 110 Å². The van der Waals surface area contributed by atoms with Gasteiger partial charge in [-0.05, 0) is 25.5 Å². The zero-order valence-corrected chi connectivity index (χ0v) is 11.0. The number of nitrogens with one attached hydrogen (secondary N) is 1. The molecule has 1 heterocycles. The molecular weight excluding hydrogens is 257 g/mol. The molecular formula is C12H11Cl2N3. The molecule has 0 bridgehead atoms. The van der Waals surface area contributed by atoms with E-state index in [9.17, 15) is 0 Å². The van der Waals surface area contributed by atoms with Crippen LogP contribution in [0.1, 0.15) is 11.4 Å². The molecule has 0 saturated heterocycles. The number of anilines is 2. The van der Waals surface area contributed by atoms with Crippen molar-refractivity contribution >= 4 is 34.7 Å². The van der Waals surface area contributed by atoms with E-state index in [-0.39, 0.29) is 0 Å². The van der Waals surface area contributed by atoms with Crippen molar-refractivity contribution in [3.8, 4) is 0 Å². The Kier molecular flexibility index (Phi) is 3.50. The van der Waals surface area contributed by atoms with E-state index in [1.165, 1.54) is 0 Å². The highest BCUT2D eigenvalue weighted by atomic mass is 35.5. The lowest BCUT2D eigenvalue weighted by molar-refractivity contribution is 1.06. The van der Waals surface area contributed by atoms with Gasteiger partial charge in [-0.15, -0.1) is 0 Å². The molecule has 0 unspecified atom stereocenters. The summed E-state index contributed by atoms with van der Waals surface area (Å²) in [5.74, 6) is 1.25. The van der Waals surface area contributed by atoms with Crippen molar-refractivity contribution in [3.63, 3.8) is 0 Å². The third-order valence-electron chi connectivity index (χ3n) is 2.28. The second-order valence-electron chi connectivity index (χ2n) is 3.68. The second kappa shape index (κ2) is 4.90. The van der Waals surface area contributed by atoms with Crippen LogP contribution >= 0.6 is 23.2 Å². The summed E-state index contributed by atoms with van der Waals surface area (Å²) in [5.41, 5.74) is 1.88. The molecule has 17 heavy (non-hydrogen) atoms. The summed E-state index contributed by atoms with van der Waals surface area (Å²) in [6.45, 7) is 3.76. The lowest BCUT2D eigenvalue weighted by atomic mass is 10.2. The van der Waals surface area contributed by atoms with Gasteiger partial charge in [0.15, 0.2) is 0 Å². The Balaban J connectivity index is 2.38. The number of rotatable bonds is 2. The molecule has 3 nitrogen and oxygen atoms in total. The molecule has 1 aromatic carbocycles. The Hall–Kier alpha value is -1.32. The quantitative estimate of drug-likeness (QED) is 0.831. The van der Waals surface area contributed by atoms with Crippen LogP contribution in [0.15, 0.2) is 24.3 Å². The first-order chi connectivity index (χ1) is 8.06. The number of aryl methyl sites for hydroxylation is 2. The van der Waals surface area contributed by atoms with E-state index in [0.29, 0.717) is 21.8 Å². The summed E-state index contributed by atoms with van der Waals surface area (Å²) in [6, 6.07) is 7.37. The number of benzene rings is 1. The lowest BCUT2D eigenvalue weighted by Gasteiger charge is -2.11. The molecule has 88 valence electrons. The van der Waals surface area contributed by atoms with Gasteiger partial charge >= 0.3 is 0 Å². The van der Waals surface area contributed by atoms with Gasteiger partial charge in [0.2, 0.25) is 0 Å². The first-order valence-corrected chi connectivity index (χ1v) is 5.85. The Morgan fingerprint density at radius 3 is 2.53 bits per heavy atom. The Morgan fingerprint density at radius 1 is 1.12 bits per heavy atom. The molecule has 0 atom stereocenters. The average Bonchev–Trinajstić information content (AvgIpc) is 2.22. The highest BCUT2D eigenvalue weighted by Gasteiger charge is 2.06. The van der Waals surface area contributed by atoms with E-state index in [0.717, 1.165) is 11.3 Å². The minimum atomic E-state index is 0.407. The monoisotopic (exact) mass is 267 g/mol. The van der Waals surface area contributed by atoms with E-state index in [2.05, 4.69) is 15.3 Å². The smallest absolute Gasteiger partial charge is 0.135 e. The van der Waals surface area contributed by atoms with Crippen LogP contribution in [-0.2, 0) is 0 Å². The van der Waals surface area contributed by atoms with Gasteiger partial charge in [-0.3, -0.25) is 0 Å². The largest absolute Gasteiger partial charge is 0.339 e. The highest BCUT2D eigenvalue weighted by Crippen LogP contribution is 2.28. The van der Waals surface area contributed by atoms with E-state index < -0.39 is 0 Å². The lowest BCUT2D eigenvalue weighted by Crippen LogP contribution is -1.99. The van der Waals surface area contributed by atoms with Crippen LogP contribution in [0.4, 0.5) is 11.5 Å². The molecule has 0 aliphatic heterocycles. The number of halogens is 2. The molecule has 2 rings (SSSR count).